The number of hydrogen-bond donors (Lipinski definition) is 0. The Balaban J connectivity index is 2.27. The van der Waals surface area contributed by atoms with Crippen LogP contribution in [0.25, 0.3) is 0 Å². The molecule has 3 nitrogen and oxygen atoms in total. The highest BCUT2D eigenvalue weighted by atomic mass is 16.1. The first-order valence-corrected chi connectivity index (χ1v) is 4.86. The van der Waals surface area contributed by atoms with Crippen LogP contribution in [0.15, 0.2) is 6.20 Å². The Bertz CT molecular complexity index is 328. The van der Waals surface area contributed by atoms with Gasteiger partial charge in [-0.25, -0.2) is 0 Å². The third-order valence-electron chi connectivity index (χ3n) is 2.50. The molecule has 0 bridgehead atoms. The first kappa shape index (κ1) is 8.48. The Kier molecular flexibility index (Phi) is 2.17. The van der Waals surface area contributed by atoms with Crippen LogP contribution >= 0.6 is 0 Å². The van der Waals surface area contributed by atoms with Gasteiger partial charge in [0.1, 0.15) is 5.78 Å². The minimum absolute atomic E-state index is 0.351. The average Bonchev–Trinajstić information content (AvgIpc) is 2.49. The molecule has 1 aromatic heterocycles. The van der Waals surface area contributed by atoms with E-state index in [1.807, 2.05) is 10.9 Å². The summed E-state index contributed by atoms with van der Waals surface area (Å²) in [7, 11) is 0. The van der Waals surface area contributed by atoms with Gasteiger partial charge in [0.2, 0.25) is 0 Å². The van der Waals surface area contributed by atoms with Crippen molar-refractivity contribution in [3.05, 3.63) is 17.5 Å². The van der Waals surface area contributed by atoms with Gasteiger partial charge in [0.25, 0.3) is 0 Å². The van der Waals surface area contributed by atoms with Gasteiger partial charge in [0.05, 0.1) is 6.20 Å². The maximum absolute atomic E-state index is 11.2. The summed E-state index contributed by atoms with van der Waals surface area (Å²) in [6.07, 6.45) is 5.12. The standard InChI is InChI=1S/C10H14N2O/c1-2-5-12-10-4-3-9(13)6-8(10)7-11-12/h7H,2-6H2,1H3. The number of aromatic nitrogens is 2. The molecule has 0 saturated carbocycles. The van der Waals surface area contributed by atoms with Gasteiger partial charge in [-0.05, 0) is 12.8 Å². The third-order valence-corrected chi connectivity index (χ3v) is 2.50. The fraction of sp³-hybridized carbons (Fsp3) is 0.600. The first-order valence-electron chi connectivity index (χ1n) is 4.86. The number of rotatable bonds is 2. The number of hydrogen-bond acceptors (Lipinski definition) is 2. The highest BCUT2D eigenvalue weighted by Crippen LogP contribution is 2.18. The van der Waals surface area contributed by atoms with Gasteiger partial charge in [-0.2, -0.15) is 5.10 Å². The number of aryl methyl sites for hydroxylation is 1. The summed E-state index contributed by atoms with van der Waals surface area (Å²) in [5, 5.41) is 4.29. The lowest BCUT2D eigenvalue weighted by atomic mass is 9.97. The zero-order valence-corrected chi connectivity index (χ0v) is 7.92. The molecule has 1 aromatic rings. The second kappa shape index (κ2) is 3.32. The molecule has 0 saturated heterocycles. The molecule has 70 valence electrons. The zero-order valence-electron chi connectivity index (χ0n) is 7.92. The monoisotopic (exact) mass is 178 g/mol. The average molecular weight is 178 g/mol. The van der Waals surface area contributed by atoms with Gasteiger partial charge < -0.3 is 0 Å². The number of fused-ring (bicyclic) bond motifs is 1. The van der Waals surface area contributed by atoms with Crippen LogP contribution in [0.2, 0.25) is 0 Å². The molecule has 1 heterocycles. The quantitative estimate of drug-likeness (QED) is 0.685. The van der Waals surface area contributed by atoms with Crippen LogP contribution in [0.1, 0.15) is 31.0 Å². The molecule has 0 fully saturated rings. The third kappa shape index (κ3) is 1.50. The van der Waals surface area contributed by atoms with Crippen LogP contribution in [-0.4, -0.2) is 15.6 Å². The Labute approximate surface area is 77.7 Å². The summed E-state index contributed by atoms with van der Waals surface area (Å²) in [4.78, 5) is 11.2. The van der Waals surface area contributed by atoms with E-state index in [9.17, 15) is 4.79 Å². The molecule has 0 unspecified atom stereocenters. The maximum Gasteiger partial charge on any atom is 0.137 e. The molecule has 3 heteroatoms. The fourth-order valence-corrected chi connectivity index (χ4v) is 1.85. The lowest BCUT2D eigenvalue weighted by Gasteiger charge is -2.12. The van der Waals surface area contributed by atoms with Crippen molar-refractivity contribution in [2.24, 2.45) is 0 Å². The van der Waals surface area contributed by atoms with Crippen molar-refractivity contribution in [2.75, 3.05) is 0 Å². The van der Waals surface area contributed by atoms with Crippen LogP contribution in [-0.2, 0) is 24.2 Å². The Morgan fingerprint density at radius 3 is 3.15 bits per heavy atom. The Morgan fingerprint density at radius 1 is 1.54 bits per heavy atom. The van der Waals surface area contributed by atoms with E-state index in [2.05, 4.69) is 12.0 Å². The van der Waals surface area contributed by atoms with E-state index in [-0.39, 0.29) is 0 Å². The summed E-state index contributed by atoms with van der Waals surface area (Å²) >= 11 is 0. The number of carbonyl (C=O) groups is 1. The van der Waals surface area contributed by atoms with E-state index < -0.39 is 0 Å². The van der Waals surface area contributed by atoms with Crippen molar-refractivity contribution in [2.45, 2.75) is 39.2 Å². The van der Waals surface area contributed by atoms with Gasteiger partial charge in [-0.15, -0.1) is 0 Å². The number of nitrogens with zero attached hydrogens (tertiary/aromatic N) is 2. The van der Waals surface area contributed by atoms with Crippen LogP contribution in [0.5, 0.6) is 0 Å². The lowest BCUT2D eigenvalue weighted by molar-refractivity contribution is -0.118. The highest BCUT2D eigenvalue weighted by molar-refractivity contribution is 5.82. The number of Topliss-reactive ketones (excluding diaryl/α,β-unsaturated/α-hetero) is 1. The van der Waals surface area contributed by atoms with Gasteiger partial charge >= 0.3 is 0 Å². The minimum Gasteiger partial charge on any atom is -0.299 e. The van der Waals surface area contributed by atoms with Crippen molar-refractivity contribution in [1.82, 2.24) is 9.78 Å². The van der Waals surface area contributed by atoms with Crippen molar-refractivity contribution in [3.63, 3.8) is 0 Å². The minimum atomic E-state index is 0.351. The van der Waals surface area contributed by atoms with E-state index in [1.54, 1.807) is 0 Å². The summed E-state index contributed by atoms with van der Waals surface area (Å²) in [6, 6.07) is 0. The van der Waals surface area contributed by atoms with Gasteiger partial charge in [0, 0.05) is 30.6 Å². The normalized spacial score (nSPS) is 15.9. The summed E-state index contributed by atoms with van der Waals surface area (Å²) in [5.74, 6) is 0.351. The molecule has 13 heavy (non-hydrogen) atoms. The molecule has 0 spiro atoms. The summed E-state index contributed by atoms with van der Waals surface area (Å²) in [6.45, 7) is 3.12. The smallest absolute Gasteiger partial charge is 0.137 e. The lowest BCUT2D eigenvalue weighted by Crippen LogP contribution is -2.15. The predicted molar refractivity (Wildman–Crippen MR) is 49.6 cm³/mol. The zero-order chi connectivity index (χ0) is 9.26. The second-order valence-corrected chi connectivity index (χ2v) is 3.56. The summed E-state index contributed by atoms with van der Waals surface area (Å²) in [5.41, 5.74) is 2.42. The van der Waals surface area contributed by atoms with Crippen LogP contribution in [0, 0.1) is 0 Å². The largest absolute Gasteiger partial charge is 0.299 e. The molecule has 0 amide bonds. The van der Waals surface area contributed by atoms with Crippen molar-refractivity contribution in [3.8, 4) is 0 Å². The van der Waals surface area contributed by atoms with Gasteiger partial charge in [0.15, 0.2) is 0 Å². The second-order valence-electron chi connectivity index (χ2n) is 3.56. The van der Waals surface area contributed by atoms with Crippen molar-refractivity contribution >= 4 is 5.78 Å². The maximum atomic E-state index is 11.2. The number of ketones is 1. The van der Waals surface area contributed by atoms with Crippen LogP contribution in [0.4, 0.5) is 0 Å². The molecule has 0 aromatic carbocycles. The van der Waals surface area contributed by atoms with E-state index in [0.29, 0.717) is 18.6 Å². The van der Waals surface area contributed by atoms with Crippen molar-refractivity contribution < 1.29 is 4.79 Å². The molecular weight excluding hydrogens is 164 g/mol. The predicted octanol–water partition coefficient (Wildman–Crippen LogP) is 1.35. The molecule has 0 radical (unpaired) electrons. The molecular formula is C10H14N2O. The topological polar surface area (TPSA) is 34.9 Å². The van der Waals surface area contributed by atoms with Crippen LogP contribution in [0.3, 0.4) is 0 Å². The molecule has 1 aliphatic rings. The SMILES string of the molecule is CCCn1ncc2c1CCC(=O)C2. The molecule has 0 N–H and O–H groups in total. The van der Waals surface area contributed by atoms with E-state index in [1.165, 1.54) is 5.69 Å². The fourth-order valence-electron chi connectivity index (χ4n) is 1.85. The van der Waals surface area contributed by atoms with E-state index in [0.717, 1.165) is 24.9 Å². The first-order chi connectivity index (χ1) is 6.31. The highest BCUT2D eigenvalue weighted by Gasteiger charge is 2.19. The molecule has 0 atom stereocenters. The van der Waals surface area contributed by atoms with E-state index in [4.69, 9.17) is 0 Å². The van der Waals surface area contributed by atoms with Gasteiger partial charge in [-0.3, -0.25) is 9.48 Å². The Morgan fingerprint density at radius 2 is 2.38 bits per heavy atom. The molecule has 1 aliphatic carbocycles. The summed E-state index contributed by atoms with van der Waals surface area (Å²) < 4.78 is 2.04. The van der Waals surface area contributed by atoms with Gasteiger partial charge in [-0.1, -0.05) is 6.92 Å². The number of carbonyl (C=O) groups excluding carboxylic acids is 1. The van der Waals surface area contributed by atoms with Crippen molar-refractivity contribution in [1.29, 1.82) is 0 Å². The molecule has 2 rings (SSSR count). The Hall–Kier alpha value is -1.12. The van der Waals surface area contributed by atoms with E-state index >= 15 is 0 Å². The molecule has 0 aliphatic heterocycles. The van der Waals surface area contributed by atoms with Crippen LogP contribution < -0.4 is 0 Å².